The second-order valence-electron chi connectivity index (χ2n) is 6.74. The van der Waals surface area contributed by atoms with Crippen molar-refractivity contribution in [1.82, 2.24) is 0 Å². The molecule has 0 unspecified atom stereocenters. The van der Waals surface area contributed by atoms with Crippen molar-refractivity contribution in [2.24, 2.45) is 5.92 Å². The van der Waals surface area contributed by atoms with E-state index in [2.05, 4.69) is 18.2 Å². The molecule has 0 amide bonds. The number of rotatable bonds is 4. The molecule has 128 valence electrons. The van der Waals surface area contributed by atoms with E-state index < -0.39 is 0 Å². The lowest BCUT2D eigenvalue weighted by molar-refractivity contribution is -0.117. The molecule has 3 heteroatoms. The molecule has 2 atom stereocenters. The van der Waals surface area contributed by atoms with Crippen LogP contribution in [0.25, 0.3) is 5.57 Å². The summed E-state index contributed by atoms with van der Waals surface area (Å²) in [5.74, 6) is 0.0618. The number of hydrogen-bond acceptors (Lipinski definition) is 3. The minimum absolute atomic E-state index is 0.0227. The number of carbonyl (C=O) groups excluding carboxylic acids is 1. The first-order valence-electron chi connectivity index (χ1n) is 8.82. The van der Waals surface area contributed by atoms with E-state index in [1.165, 1.54) is 0 Å². The van der Waals surface area contributed by atoms with Gasteiger partial charge in [0.05, 0.1) is 0 Å². The molecule has 1 aliphatic rings. The fourth-order valence-corrected chi connectivity index (χ4v) is 4.03. The van der Waals surface area contributed by atoms with Gasteiger partial charge < -0.3 is 4.79 Å². The minimum Gasteiger partial charge on any atom is -0.300 e. The molecule has 26 heavy (non-hydrogen) atoms. The smallest absolute Gasteiger partial charge is 0.133 e. The number of nitriles is 2. The third-order valence-electron chi connectivity index (χ3n) is 5.12. The first-order valence-corrected chi connectivity index (χ1v) is 8.82. The van der Waals surface area contributed by atoms with Crippen LogP contribution in [0.15, 0.2) is 60.2 Å². The maximum atomic E-state index is 12.0. The van der Waals surface area contributed by atoms with Gasteiger partial charge in [-0.2, -0.15) is 10.5 Å². The molecule has 0 saturated heterocycles. The van der Waals surface area contributed by atoms with E-state index in [0.717, 1.165) is 35.1 Å². The van der Waals surface area contributed by atoms with Crippen LogP contribution in [-0.4, -0.2) is 5.78 Å². The second kappa shape index (κ2) is 7.81. The predicted molar refractivity (Wildman–Crippen MR) is 101 cm³/mol. The second-order valence-corrected chi connectivity index (χ2v) is 6.74. The van der Waals surface area contributed by atoms with Gasteiger partial charge in [-0.3, -0.25) is 0 Å². The summed E-state index contributed by atoms with van der Waals surface area (Å²) in [5, 5.41) is 19.1. The average molecular weight is 340 g/mol. The lowest BCUT2D eigenvalue weighted by Crippen LogP contribution is -2.23. The average Bonchev–Trinajstić information content (AvgIpc) is 2.68. The number of benzene rings is 2. The monoisotopic (exact) mass is 340 g/mol. The Kier molecular flexibility index (Phi) is 5.30. The van der Waals surface area contributed by atoms with Gasteiger partial charge in [-0.15, -0.1) is 0 Å². The molecule has 0 N–H and O–H groups in total. The fraction of sp³-hybridized carbons (Fsp3) is 0.261. The summed E-state index contributed by atoms with van der Waals surface area (Å²) in [6.07, 6.45) is 2.12. The van der Waals surface area contributed by atoms with E-state index in [0.29, 0.717) is 6.42 Å². The molecular formula is C23H20N2O. The quantitative estimate of drug-likeness (QED) is 0.750. The van der Waals surface area contributed by atoms with Crippen LogP contribution in [0.2, 0.25) is 0 Å². The van der Waals surface area contributed by atoms with Crippen molar-refractivity contribution in [1.29, 1.82) is 10.5 Å². The molecule has 0 aliphatic heterocycles. The normalized spacial score (nSPS) is 16.7. The summed E-state index contributed by atoms with van der Waals surface area (Å²) in [6.45, 7) is 1.60. The number of nitrogens with zero attached hydrogens (tertiary/aromatic N) is 2. The van der Waals surface area contributed by atoms with Crippen LogP contribution in [0, 0.1) is 28.6 Å². The highest BCUT2D eigenvalue weighted by molar-refractivity contribution is 5.82. The molecule has 0 heterocycles. The Morgan fingerprint density at radius 3 is 2.38 bits per heavy atom. The van der Waals surface area contributed by atoms with E-state index in [1.54, 1.807) is 6.92 Å². The number of fused-ring (bicyclic) bond motifs is 1. The SMILES string of the molecule is CC(=O)C[C@@H](c1ccccc1)[C@@H]1CCc2ccccc2C1=C(C#N)C#N. The molecule has 3 nitrogen and oxygen atoms in total. The molecule has 0 fully saturated rings. The summed E-state index contributed by atoms with van der Waals surface area (Å²) in [7, 11) is 0. The van der Waals surface area contributed by atoms with Gasteiger partial charge >= 0.3 is 0 Å². The Hall–Kier alpha value is -3.17. The molecular weight excluding hydrogens is 320 g/mol. The summed E-state index contributed by atoms with van der Waals surface area (Å²) < 4.78 is 0. The minimum atomic E-state index is -0.0336. The molecule has 0 radical (unpaired) electrons. The van der Waals surface area contributed by atoms with E-state index in [1.807, 2.05) is 48.5 Å². The fourth-order valence-electron chi connectivity index (χ4n) is 4.03. The van der Waals surface area contributed by atoms with Crippen LogP contribution in [0.5, 0.6) is 0 Å². The first-order chi connectivity index (χ1) is 12.7. The van der Waals surface area contributed by atoms with Crippen LogP contribution in [0.4, 0.5) is 0 Å². The number of aryl methyl sites for hydroxylation is 1. The molecule has 0 spiro atoms. The lowest BCUT2D eigenvalue weighted by atomic mass is 9.68. The standard InChI is InChI=1S/C23H20N2O/c1-16(26)13-22(17-7-3-2-4-8-17)21-12-11-18-9-5-6-10-20(18)23(21)19(14-24)15-25/h2-10,21-22H,11-13H2,1H3/t21-,22-/m0/s1. The van der Waals surface area contributed by atoms with Crippen molar-refractivity contribution in [2.75, 3.05) is 0 Å². The summed E-state index contributed by atoms with van der Waals surface area (Å²) in [6, 6.07) is 22.1. The molecule has 0 aromatic heterocycles. The highest BCUT2D eigenvalue weighted by Crippen LogP contribution is 2.46. The third kappa shape index (κ3) is 3.44. The van der Waals surface area contributed by atoms with Crippen molar-refractivity contribution in [3.05, 3.63) is 76.9 Å². The zero-order chi connectivity index (χ0) is 18.5. The highest BCUT2D eigenvalue weighted by Gasteiger charge is 2.34. The van der Waals surface area contributed by atoms with Gasteiger partial charge in [0.15, 0.2) is 0 Å². The topological polar surface area (TPSA) is 64.7 Å². The number of ketones is 1. The van der Waals surface area contributed by atoms with Gasteiger partial charge in [0.2, 0.25) is 0 Å². The zero-order valence-corrected chi connectivity index (χ0v) is 14.8. The Morgan fingerprint density at radius 2 is 1.73 bits per heavy atom. The maximum Gasteiger partial charge on any atom is 0.133 e. The molecule has 2 aromatic carbocycles. The van der Waals surface area contributed by atoms with Crippen molar-refractivity contribution < 1.29 is 4.79 Å². The molecule has 1 aliphatic carbocycles. The van der Waals surface area contributed by atoms with Gasteiger partial charge in [-0.05, 0) is 53.9 Å². The van der Waals surface area contributed by atoms with Crippen LogP contribution in [0.1, 0.15) is 42.4 Å². The Labute approximate surface area is 154 Å². The van der Waals surface area contributed by atoms with Crippen LogP contribution >= 0.6 is 0 Å². The Morgan fingerprint density at radius 1 is 1.08 bits per heavy atom. The zero-order valence-electron chi connectivity index (χ0n) is 14.8. The van der Waals surface area contributed by atoms with Crippen molar-refractivity contribution >= 4 is 11.4 Å². The number of carbonyl (C=O) groups is 1. The molecule has 2 aromatic rings. The third-order valence-corrected chi connectivity index (χ3v) is 5.12. The molecule has 3 rings (SSSR count). The van der Waals surface area contributed by atoms with Crippen LogP contribution in [0.3, 0.4) is 0 Å². The summed E-state index contributed by atoms with van der Waals surface area (Å²) in [4.78, 5) is 12.0. The van der Waals surface area contributed by atoms with Crippen molar-refractivity contribution in [3.8, 4) is 12.1 Å². The summed E-state index contributed by atoms with van der Waals surface area (Å²) in [5.41, 5.74) is 4.18. The van der Waals surface area contributed by atoms with Gasteiger partial charge in [-0.25, -0.2) is 0 Å². The maximum absolute atomic E-state index is 12.0. The first kappa shape index (κ1) is 17.6. The Bertz CT molecular complexity index is 913. The van der Waals surface area contributed by atoms with Gasteiger partial charge in [0.25, 0.3) is 0 Å². The van der Waals surface area contributed by atoms with Crippen molar-refractivity contribution in [2.45, 2.75) is 32.1 Å². The van der Waals surface area contributed by atoms with Crippen LogP contribution in [-0.2, 0) is 11.2 Å². The van der Waals surface area contributed by atoms with E-state index in [9.17, 15) is 15.3 Å². The van der Waals surface area contributed by atoms with Crippen molar-refractivity contribution in [3.63, 3.8) is 0 Å². The Balaban J connectivity index is 2.18. The largest absolute Gasteiger partial charge is 0.300 e. The van der Waals surface area contributed by atoms with Crippen LogP contribution < -0.4 is 0 Å². The highest BCUT2D eigenvalue weighted by atomic mass is 16.1. The van der Waals surface area contributed by atoms with Gasteiger partial charge in [0.1, 0.15) is 23.5 Å². The number of Topliss-reactive ketones (excluding diaryl/α,β-unsaturated/α-hetero) is 1. The van der Waals surface area contributed by atoms with Gasteiger partial charge in [-0.1, -0.05) is 54.6 Å². The predicted octanol–water partition coefficient (Wildman–Crippen LogP) is 4.81. The van der Waals surface area contributed by atoms with E-state index in [-0.39, 0.29) is 23.2 Å². The van der Waals surface area contributed by atoms with E-state index >= 15 is 0 Å². The van der Waals surface area contributed by atoms with E-state index in [4.69, 9.17) is 0 Å². The number of allylic oxidation sites excluding steroid dienone is 2. The number of hydrogen-bond donors (Lipinski definition) is 0. The summed E-state index contributed by atoms with van der Waals surface area (Å²) >= 11 is 0. The lowest BCUT2D eigenvalue weighted by Gasteiger charge is -2.34. The molecule has 0 bridgehead atoms. The molecule has 0 saturated carbocycles. The van der Waals surface area contributed by atoms with Gasteiger partial charge in [0, 0.05) is 6.42 Å².